The van der Waals surface area contributed by atoms with Crippen LogP contribution in [0.4, 0.5) is 5.69 Å². The quantitative estimate of drug-likeness (QED) is 0.724. The summed E-state index contributed by atoms with van der Waals surface area (Å²) in [5.74, 6) is 2.61. The van der Waals surface area contributed by atoms with Crippen LogP contribution in [-0.2, 0) is 10.0 Å². The van der Waals surface area contributed by atoms with Gasteiger partial charge in [-0.1, -0.05) is 29.7 Å². The minimum absolute atomic E-state index is 0.223. The van der Waals surface area contributed by atoms with Gasteiger partial charge in [-0.05, 0) is 37.6 Å². The second-order valence-electron chi connectivity index (χ2n) is 5.45. The summed E-state index contributed by atoms with van der Waals surface area (Å²) in [6.45, 7) is 3.85. The predicted molar refractivity (Wildman–Crippen MR) is 93.0 cm³/mol. The minimum Gasteiger partial charge on any atom is -0.358 e. The van der Waals surface area contributed by atoms with Crippen LogP contribution in [0.5, 0.6) is 0 Å². The van der Waals surface area contributed by atoms with Gasteiger partial charge in [0.1, 0.15) is 0 Å². The lowest BCUT2D eigenvalue weighted by Gasteiger charge is -2.10. The van der Waals surface area contributed by atoms with E-state index in [0.29, 0.717) is 16.8 Å². The van der Waals surface area contributed by atoms with Crippen LogP contribution in [0.3, 0.4) is 0 Å². The summed E-state index contributed by atoms with van der Waals surface area (Å²) < 4.78 is 27.7. The number of nitrogens with one attached hydrogen (secondary N) is 2. The van der Waals surface area contributed by atoms with Gasteiger partial charge in [-0.15, -0.1) is 6.42 Å². The molecule has 0 aliphatic rings. The van der Waals surface area contributed by atoms with Gasteiger partial charge in [-0.2, -0.15) is 0 Å². The number of aromatic amines is 1. The normalized spacial score (nSPS) is 11.3. The van der Waals surface area contributed by atoms with Gasteiger partial charge in [0.05, 0.1) is 16.1 Å². The van der Waals surface area contributed by atoms with E-state index >= 15 is 0 Å². The molecule has 2 aromatic carbocycles. The molecular weight excluding hydrogens is 308 g/mol. The maximum atomic E-state index is 12.6. The molecule has 0 fully saturated rings. The number of hydrogen-bond donors (Lipinski definition) is 2. The van der Waals surface area contributed by atoms with Gasteiger partial charge in [-0.3, -0.25) is 4.72 Å². The average molecular weight is 324 g/mol. The Bertz CT molecular complexity index is 1020. The van der Waals surface area contributed by atoms with Crippen LogP contribution in [0.2, 0.25) is 0 Å². The van der Waals surface area contributed by atoms with Gasteiger partial charge >= 0.3 is 0 Å². The van der Waals surface area contributed by atoms with E-state index in [1.165, 1.54) is 0 Å². The van der Waals surface area contributed by atoms with Crippen molar-refractivity contribution in [2.45, 2.75) is 18.7 Å². The molecule has 3 rings (SSSR count). The van der Waals surface area contributed by atoms with Crippen LogP contribution in [0.15, 0.2) is 47.5 Å². The van der Waals surface area contributed by atoms with Crippen molar-refractivity contribution in [1.29, 1.82) is 0 Å². The van der Waals surface area contributed by atoms with E-state index in [-0.39, 0.29) is 4.90 Å². The Labute approximate surface area is 135 Å². The van der Waals surface area contributed by atoms with Crippen molar-refractivity contribution >= 4 is 26.6 Å². The van der Waals surface area contributed by atoms with E-state index in [2.05, 4.69) is 15.6 Å². The number of benzene rings is 2. The van der Waals surface area contributed by atoms with Gasteiger partial charge in [0.15, 0.2) is 0 Å². The lowest BCUT2D eigenvalue weighted by molar-refractivity contribution is 0.601. The predicted octanol–water partition coefficient (Wildman–Crippen LogP) is 3.57. The molecule has 0 saturated heterocycles. The molecule has 0 atom stereocenters. The molecule has 116 valence electrons. The number of fused-ring (bicyclic) bond motifs is 1. The summed E-state index contributed by atoms with van der Waals surface area (Å²) in [6.07, 6.45) is 7.21. The van der Waals surface area contributed by atoms with Crippen LogP contribution >= 0.6 is 0 Å². The van der Waals surface area contributed by atoms with Crippen LogP contribution in [-0.4, -0.2) is 13.4 Å². The van der Waals surface area contributed by atoms with Crippen LogP contribution < -0.4 is 4.72 Å². The molecule has 0 amide bonds. The molecule has 23 heavy (non-hydrogen) atoms. The molecule has 1 heterocycles. The number of aromatic nitrogens is 1. The summed E-state index contributed by atoms with van der Waals surface area (Å²) in [5.41, 5.74) is 3.88. The maximum absolute atomic E-state index is 12.6. The van der Waals surface area contributed by atoms with Crippen molar-refractivity contribution in [3.05, 3.63) is 59.3 Å². The number of terminal acetylenes is 1. The molecule has 0 radical (unpaired) electrons. The van der Waals surface area contributed by atoms with Crippen molar-refractivity contribution in [3.8, 4) is 12.3 Å². The number of hydrogen-bond acceptors (Lipinski definition) is 2. The molecule has 5 heteroatoms. The smallest absolute Gasteiger partial charge is 0.261 e. The van der Waals surface area contributed by atoms with E-state index in [9.17, 15) is 8.42 Å². The van der Waals surface area contributed by atoms with Gasteiger partial charge in [0.25, 0.3) is 10.0 Å². The van der Waals surface area contributed by atoms with Gasteiger partial charge in [0.2, 0.25) is 0 Å². The highest BCUT2D eigenvalue weighted by atomic mass is 32.2. The molecule has 0 unspecified atom stereocenters. The summed E-state index contributed by atoms with van der Waals surface area (Å²) >= 11 is 0. The highest BCUT2D eigenvalue weighted by Crippen LogP contribution is 2.29. The fourth-order valence-electron chi connectivity index (χ4n) is 2.54. The summed E-state index contributed by atoms with van der Waals surface area (Å²) in [6, 6.07) is 10.3. The van der Waals surface area contributed by atoms with Crippen LogP contribution in [0, 0.1) is 26.2 Å². The van der Waals surface area contributed by atoms with E-state index in [1.807, 2.05) is 19.9 Å². The lowest BCUT2D eigenvalue weighted by atomic mass is 10.1. The molecule has 0 saturated carbocycles. The SMILES string of the molecule is C#Cc1c[nH]c2c(NS(=O)(=O)c3ccc(C)cc3)ccc(C)c12. The number of H-pyrrole nitrogens is 1. The maximum Gasteiger partial charge on any atom is 0.261 e. The minimum atomic E-state index is -3.65. The summed E-state index contributed by atoms with van der Waals surface area (Å²) in [7, 11) is -3.65. The first kappa shape index (κ1) is 15.2. The highest BCUT2D eigenvalue weighted by molar-refractivity contribution is 7.92. The first-order valence-electron chi connectivity index (χ1n) is 7.09. The second-order valence-corrected chi connectivity index (χ2v) is 7.13. The molecule has 4 nitrogen and oxygen atoms in total. The molecular formula is C18H16N2O2S. The van der Waals surface area contributed by atoms with Crippen LogP contribution in [0.25, 0.3) is 10.9 Å². The molecule has 0 aliphatic carbocycles. The number of aryl methyl sites for hydroxylation is 2. The van der Waals surface area contributed by atoms with Crippen molar-refractivity contribution in [1.82, 2.24) is 4.98 Å². The largest absolute Gasteiger partial charge is 0.358 e. The molecule has 0 spiro atoms. The molecule has 3 aromatic rings. The Morgan fingerprint density at radius 3 is 2.43 bits per heavy atom. The second kappa shape index (κ2) is 5.49. The van der Waals surface area contributed by atoms with Gasteiger partial charge in [0, 0.05) is 17.1 Å². The Hall–Kier alpha value is -2.71. The third-order valence-electron chi connectivity index (χ3n) is 3.77. The fraction of sp³-hybridized carbons (Fsp3) is 0.111. The van der Waals surface area contributed by atoms with Gasteiger partial charge < -0.3 is 4.98 Å². The Morgan fingerprint density at radius 2 is 1.78 bits per heavy atom. The Balaban J connectivity index is 2.08. The van der Waals surface area contributed by atoms with E-state index in [1.54, 1.807) is 36.5 Å². The zero-order valence-electron chi connectivity index (χ0n) is 12.8. The molecule has 0 aliphatic heterocycles. The zero-order chi connectivity index (χ0) is 16.6. The van der Waals surface area contributed by atoms with Crippen molar-refractivity contribution < 1.29 is 8.42 Å². The monoisotopic (exact) mass is 324 g/mol. The zero-order valence-corrected chi connectivity index (χ0v) is 13.7. The van der Waals surface area contributed by atoms with Crippen molar-refractivity contribution in [2.24, 2.45) is 0 Å². The van der Waals surface area contributed by atoms with E-state index < -0.39 is 10.0 Å². The van der Waals surface area contributed by atoms with Gasteiger partial charge in [-0.25, -0.2) is 8.42 Å². The van der Waals surface area contributed by atoms with Crippen LogP contribution in [0.1, 0.15) is 16.7 Å². The summed E-state index contributed by atoms with van der Waals surface area (Å²) in [4.78, 5) is 3.28. The molecule has 1 aromatic heterocycles. The van der Waals surface area contributed by atoms with E-state index in [0.717, 1.165) is 16.5 Å². The fourth-order valence-corrected chi connectivity index (χ4v) is 3.61. The third kappa shape index (κ3) is 2.69. The number of anilines is 1. The standard InChI is InChI=1S/C18H16N2O2S/c1-4-14-11-19-18-16(10-7-13(3)17(14)18)20-23(21,22)15-8-5-12(2)6-9-15/h1,5-11,19-20H,2-3H3. The third-order valence-corrected chi connectivity index (χ3v) is 5.16. The Morgan fingerprint density at radius 1 is 1.09 bits per heavy atom. The summed E-state index contributed by atoms with van der Waals surface area (Å²) in [5, 5.41) is 0.858. The molecule has 0 bridgehead atoms. The number of rotatable bonds is 3. The average Bonchev–Trinajstić information content (AvgIpc) is 2.95. The van der Waals surface area contributed by atoms with Crippen molar-refractivity contribution in [2.75, 3.05) is 4.72 Å². The van der Waals surface area contributed by atoms with Crippen molar-refractivity contribution in [3.63, 3.8) is 0 Å². The molecule has 2 N–H and O–H groups in total. The Kier molecular flexibility index (Phi) is 3.63. The topological polar surface area (TPSA) is 62.0 Å². The first-order chi connectivity index (χ1) is 10.9. The van der Waals surface area contributed by atoms with E-state index in [4.69, 9.17) is 6.42 Å². The lowest BCUT2D eigenvalue weighted by Crippen LogP contribution is -2.13. The highest BCUT2D eigenvalue weighted by Gasteiger charge is 2.17. The first-order valence-corrected chi connectivity index (χ1v) is 8.57. The number of sulfonamides is 1.